The van der Waals surface area contributed by atoms with Crippen LogP contribution in [0.5, 0.6) is 5.75 Å². The lowest BCUT2D eigenvalue weighted by Crippen LogP contribution is -2.08. The van der Waals surface area contributed by atoms with Crippen molar-refractivity contribution < 1.29 is 23.4 Å². The fourth-order valence-corrected chi connectivity index (χ4v) is 3.11. The van der Waals surface area contributed by atoms with Gasteiger partial charge < -0.3 is 20.5 Å². The van der Waals surface area contributed by atoms with Crippen LogP contribution in [0.4, 0.5) is 31.8 Å². The van der Waals surface area contributed by atoms with E-state index in [1.807, 2.05) is 0 Å². The van der Waals surface area contributed by atoms with E-state index in [-0.39, 0.29) is 11.3 Å². The number of hydrogen-bond donors (Lipinski definition) is 3. The lowest BCUT2D eigenvalue weighted by Gasteiger charge is -2.18. The number of methoxy groups -OCH3 is 1. The number of nitrogens with zero attached hydrogens (tertiary/aromatic N) is 2. The van der Waals surface area contributed by atoms with Crippen LogP contribution in [0.2, 0.25) is 0 Å². The molecular weight excluding hydrogens is 394 g/mol. The zero-order chi connectivity index (χ0) is 21.3. The molecule has 1 saturated carbocycles. The van der Waals surface area contributed by atoms with Gasteiger partial charge in [-0.25, -0.2) is 23.5 Å². The van der Waals surface area contributed by atoms with Crippen molar-refractivity contribution in [2.45, 2.75) is 18.5 Å². The van der Waals surface area contributed by atoms with E-state index in [0.29, 0.717) is 41.5 Å². The predicted octanol–water partition coefficient (Wildman–Crippen LogP) is 4.77. The van der Waals surface area contributed by atoms with Crippen LogP contribution < -0.4 is 15.4 Å². The van der Waals surface area contributed by atoms with Gasteiger partial charge in [-0.2, -0.15) is 0 Å². The van der Waals surface area contributed by atoms with Crippen molar-refractivity contribution in [3.8, 4) is 5.75 Å². The van der Waals surface area contributed by atoms with Gasteiger partial charge in [-0.05, 0) is 31.0 Å². The molecule has 2 aromatic heterocycles. The standard InChI is InChI=1S/C21H18F2N4O3/c1-30-19-14(21(23)7-8-21)3-2-4-15(19)26-16-9-18(25-11-13(16)20(28)29)27-17-6-5-12(22)10-24-17/h2-6,9-11H,7-8H2,1H3,(H,28,29)(H2,24,25,26,27). The summed E-state index contributed by atoms with van der Waals surface area (Å²) in [5, 5.41) is 15.4. The summed E-state index contributed by atoms with van der Waals surface area (Å²) in [5.41, 5.74) is -0.422. The molecule has 0 aliphatic heterocycles. The number of hydrogen-bond acceptors (Lipinski definition) is 6. The van der Waals surface area contributed by atoms with Crippen LogP contribution in [0.15, 0.2) is 48.8 Å². The molecule has 3 aromatic rings. The Bertz CT molecular complexity index is 1100. The molecule has 0 spiro atoms. The molecule has 1 aliphatic carbocycles. The van der Waals surface area contributed by atoms with Gasteiger partial charge in [0.15, 0.2) is 0 Å². The third-order valence-electron chi connectivity index (χ3n) is 4.78. The van der Waals surface area contributed by atoms with Crippen molar-refractivity contribution in [1.29, 1.82) is 0 Å². The number of carboxylic acids is 1. The lowest BCUT2D eigenvalue weighted by atomic mass is 10.1. The summed E-state index contributed by atoms with van der Waals surface area (Å²) in [5.74, 6) is -0.715. The van der Waals surface area contributed by atoms with Crippen LogP contribution in [0.3, 0.4) is 0 Å². The van der Waals surface area contributed by atoms with Gasteiger partial charge in [0, 0.05) is 17.8 Å². The maximum atomic E-state index is 14.7. The molecule has 0 bridgehead atoms. The first-order chi connectivity index (χ1) is 14.4. The van der Waals surface area contributed by atoms with Crippen LogP contribution in [-0.4, -0.2) is 28.2 Å². The number of halogens is 2. The summed E-state index contributed by atoms with van der Waals surface area (Å²) in [6.07, 6.45) is 3.07. The summed E-state index contributed by atoms with van der Waals surface area (Å²) < 4.78 is 33.2. The summed E-state index contributed by atoms with van der Waals surface area (Å²) in [6, 6.07) is 9.16. The number of rotatable bonds is 7. The molecule has 0 atom stereocenters. The number of nitrogens with one attached hydrogen (secondary N) is 2. The molecule has 4 rings (SSSR count). The second-order valence-electron chi connectivity index (χ2n) is 6.88. The molecule has 0 amide bonds. The van der Waals surface area contributed by atoms with Crippen LogP contribution in [-0.2, 0) is 5.67 Å². The summed E-state index contributed by atoms with van der Waals surface area (Å²) >= 11 is 0. The molecule has 9 heteroatoms. The van der Waals surface area contributed by atoms with E-state index in [9.17, 15) is 18.7 Å². The molecule has 1 aliphatic rings. The number of alkyl halides is 1. The van der Waals surface area contributed by atoms with Crippen molar-refractivity contribution in [2.24, 2.45) is 0 Å². The number of anilines is 4. The quantitative estimate of drug-likeness (QED) is 0.514. The fraction of sp³-hybridized carbons (Fsp3) is 0.190. The topological polar surface area (TPSA) is 96.4 Å². The SMILES string of the molecule is COc1c(Nc2cc(Nc3ccc(F)cn3)ncc2C(=O)O)cccc1C1(F)CC1. The minimum absolute atomic E-state index is 0.0820. The lowest BCUT2D eigenvalue weighted by molar-refractivity contribution is 0.0697. The highest BCUT2D eigenvalue weighted by Crippen LogP contribution is 2.54. The summed E-state index contributed by atoms with van der Waals surface area (Å²) in [4.78, 5) is 19.6. The van der Waals surface area contributed by atoms with E-state index in [1.54, 1.807) is 18.2 Å². The Morgan fingerprint density at radius 2 is 1.87 bits per heavy atom. The maximum absolute atomic E-state index is 14.7. The largest absolute Gasteiger partial charge is 0.494 e. The van der Waals surface area contributed by atoms with Gasteiger partial charge >= 0.3 is 5.97 Å². The molecule has 30 heavy (non-hydrogen) atoms. The molecule has 2 heterocycles. The first-order valence-electron chi connectivity index (χ1n) is 9.15. The van der Waals surface area contributed by atoms with Gasteiger partial charge in [-0.1, -0.05) is 12.1 Å². The molecule has 0 unspecified atom stereocenters. The zero-order valence-corrected chi connectivity index (χ0v) is 15.9. The second-order valence-corrected chi connectivity index (χ2v) is 6.88. The monoisotopic (exact) mass is 412 g/mol. The van der Waals surface area contributed by atoms with E-state index in [0.717, 1.165) is 6.20 Å². The van der Waals surface area contributed by atoms with Gasteiger partial charge in [-0.3, -0.25) is 0 Å². The average molecular weight is 412 g/mol. The number of aromatic nitrogens is 2. The number of benzene rings is 1. The molecule has 7 nitrogen and oxygen atoms in total. The first kappa shape index (κ1) is 19.6. The van der Waals surface area contributed by atoms with Gasteiger partial charge in [-0.15, -0.1) is 0 Å². The van der Waals surface area contributed by atoms with Crippen LogP contribution in [0.25, 0.3) is 0 Å². The highest BCUT2D eigenvalue weighted by molar-refractivity contribution is 5.96. The summed E-state index contributed by atoms with van der Waals surface area (Å²) in [6.45, 7) is 0. The van der Waals surface area contributed by atoms with E-state index >= 15 is 0 Å². The Morgan fingerprint density at radius 1 is 1.10 bits per heavy atom. The van der Waals surface area contributed by atoms with Crippen LogP contribution in [0, 0.1) is 5.82 Å². The number of pyridine rings is 2. The Morgan fingerprint density at radius 3 is 2.50 bits per heavy atom. The molecular formula is C21H18F2N4O3. The van der Waals surface area contributed by atoms with Crippen LogP contribution in [0.1, 0.15) is 28.8 Å². The van der Waals surface area contributed by atoms with Crippen molar-refractivity contribution in [1.82, 2.24) is 9.97 Å². The second kappa shape index (κ2) is 7.58. The highest BCUT2D eigenvalue weighted by atomic mass is 19.1. The third kappa shape index (κ3) is 3.86. The number of carbonyl (C=O) groups is 1. The van der Waals surface area contributed by atoms with Crippen LogP contribution >= 0.6 is 0 Å². The molecule has 154 valence electrons. The van der Waals surface area contributed by atoms with E-state index in [1.165, 1.54) is 31.5 Å². The number of aromatic carboxylic acids is 1. The van der Waals surface area contributed by atoms with Gasteiger partial charge in [0.2, 0.25) is 0 Å². The van der Waals surface area contributed by atoms with Crippen molar-refractivity contribution >= 4 is 29.0 Å². The third-order valence-corrected chi connectivity index (χ3v) is 4.78. The minimum atomic E-state index is -1.42. The van der Waals surface area contributed by atoms with E-state index < -0.39 is 17.5 Å². The van der Waals surface area contributed by atoms with Gasteiger partial charge in [0.05, 0.1) is 24.7 Å². The number of ether oxygens (including phenoxy) is 1. The van der Waals surface area contributed by atoms with E-state index in [4.69, 9.17) is 4.74 Å². The van der Waals surface area contributed by atoms with Crippen molar-refractivity contribution in [3.63, 3.8) is 0 Å². The molecule has 3 N–H and O–H groups in total. The van der Waals surface area contributed by atoms with Gasteiger partial charge in [0.1, 0.15) is 34.4 Å². The Kier molecular flexibility index (Phi) is 4.94. The smallest absolute Gasteiger partial charge is 0.339 e. The number of para-hydroxylation sites is 1. The number of carboxylic acid groups (broad SMARTS) is 1. The van der Waals surface area contributed by atoms with E-state index in [2.05, 4.69) is 20.6 Å². The zero-order valence-electron chi connectivity index (χ0n) is 15.9. The highest BCUT2D eigenvalue weighted by Gasteiger charge is 2.47. The predicted molar refractivity (Wildman–Crippen MR) is 107 cm³/mol. The Balaban J connectivity index is 1.69. The molecule has 1 fully saturated rings. The summed E-state index contributed by atoms with van der Waals surface area (Å²) in [7, 11) is 1.44. The minimum Gasteiger partial charge on any atom is -0.494 e. The van der Waals surface area contributed by atoms with Crippen molar-refractivity contribution in [2.75, 3.05) is 17.7 Å². The Hall–Kier alpha value is -3.75. The van der Waals surface area contributed by atoms with Gasteiger partial charge in [0.25, 0.3) is 0 Å². The fourth-order valence-electron chi connectivity index (χ4n) is 3.11. The molecule has 1 aromatic carbocycles. The maximum Gasteiger partial charge on any atom is 0.339 e. The first-order valence-corrected chi connectivity index (χ1v) is 9.15. The normalized spacial score (nSPS) is 14.1. The average Bonchev–Trinajstić information content (AvgIpc) is 3.48. The molecule has 0 saturated heterocycles. The van der Waals surface area contributed by atoms with Crippen molar-refractivity contribution in [3.05, 3.63) is 65.7 Å². The Labute approximate surface area is 170 Å². The molecule has 0 radical (unpaired) electrons.